The molecular formula is C10H14N2OS. The topological polar surface area (TPSA) is 33.2 Å². The fourth-order valence-electron chi connectivity index (χ4n) is 1.05. The molecule has 0 spiro atoms. The summed E-state index contributed by atoms with van der Waals surface area (Å²) < 4.78 is 0. The van der Waals surface area contributed by atoms with Crippen LogP contribution in [0.2, 0.25) is 0 Å². The number of aryl methyl sites for hydroxylation is 2. The molecule has 0 N–H and O–H groups in total. The van der Waals surface area contributed by atoms with E-state index in [9.17, 15) is 4.79 Å². The molecule has 1 rings (SSSR count). The largest absolute Gasteiger partial charge is 0.383 e. The summed E-state index contributed by atoms with van der Waals surface area (Å²) in [6, 6.07) is 0. The van der Waals surface area contributed by atoms with Gasteiger partial charge in [-0.1, -0.05) is 0 Å². The lowest BCUT2D eigenvalue weighted by molar-refractivity contribution is 0.104. The molecule has 0 saturated heterocycles. The second kappa shape index (κ2) is 4.37. The van der Waals surface area contributed by atoms with Gasteiger partial charge in [0.2, 0.25) is 5.78 Å². The van der Waals surface area contributed by atoms with E-state index in [1.54, 1.807) is 23.6 Å². The molecule has 1 heterocycles. The molecule has 0 radical (unpaired) electrons. The zero-order valence-electron chi connectivity index (χ0n) is 8.87. The number of carbonyl (C=O) groups is 1. The van der Waals surface area contributed by atoms with Crippen molar-refractivity contribution < 1.29 is 4.79 Å². The summed E-state index contributed by atoms with van der Waals surface area (Å²) >= 11 is 1.55. The monoisotopic (exact) mass is 210 g/mol. The van der Waals surface area contributed by atoms with E-state index in [0.717, 1.165) is 9.88 Å². The number of ketones is 1. The highest BCUT2D eigenvalue weighted by atomic mass is 32.1. The van der Waals surface area contributed by atoms with Crippen molar-refractivity contribution in [1.82, 2.24) is 9.88 Å². The number of hydrogen-bond acceptors (Lipinski definition) is 4. The predicted molar refractivity (Wildman–Crippen MR) is 58.7 cm³/mol. The number of carbonyl (C=O) groups excluding carboxylic acids is 1. The van der Waals surface area contributed by atoms with E-state index in [1.165, 1.54) is 0 Å². The summed E-state index contributed by atoms with van der Waals surface area (Å²) in [7, 11) is 3.76. The van der Waals surface area contributed by atoms with E-state index in [0.29, 0.717) is 5.69 Å². The Labute approximate surface area is 88.1 Å². The SMILES string of the molecule is Cc1nc(C(=O)/C=C/N(C)C)c(C)s1. The number of rotatable bonds is 3. The lowest BCUT2D eigenvalue weighted by atomic mass is 10.2. The quantitative estimate of drug-likeness (QED) is 0.565. The van der Waals surface area contributed by atoms with Crippen LogP contribution in [0.1, 0.15) is 20.4 Å². The highest BCUT2D eigenvalue weighted by Gasteiger charge is 2.10. The Morgan fingerprint density at radius 3 is 2.50 bits per heavy atom. The molecule has 1 aromatic rings. The molecule has 1 aromatic heterocycles. The molecule has 0 saturated carbocycles. The molecule has 3 nitrogen and oxygen atoms in total. The van der Waals surface area contributed by atoms with Crippen LogP contribution in [0, 0.1) is 13.8 Å². The van der Waals surface area contributed by atoms with Gasteiger partial charge in [-0.15, -0.1) is 11.3 Å². The number of thiazole rings is 1. The third-order valence-electron chi connectivity index (χ3n) is 1.66. The minimum atomic E-state index is -0.0273. The average Bonchev–Trinajstić information content (AvgIpc) is 2.41. The van der Waals surface area contributed by atoms with Crippen LogP contribution in [0.15, 0.2) is 12.3 Å². The molecule has 0 aliphatic rings. The summed E-state index contributed by atoms with van der Waals surface area (Å²) in [6.07, 6.45) is 3.28. The van der Waals surface area contributed by atoms with Crippen LogP contribution in [0.4, 0.5) is 0 Å². The number of nitrogens with zero attached hydrogens (tertiary/aromatic N) is 2. The molecule has 0 aliphatic carbocycles. The summed E-state index contributed by atoms with van der Waals surface area (Å²) in [4.78, 5) is 18.6. The van der Waals surface area contributed by atoms with E-state index in [1.807, 2.05) is 32.8 Å². The van der Waals surface area contributed by atoms with Gasteiger partial charge in [-0.2, -0.15) is 0 Å². The Morgan fingerprint density at radius 1 is 1.43 bits per heavy atom. The van der Waals surface area contributed by atoms with E-state index >= 15 is 0 Å². The Bertz CT molecular complexity index is 366. The highest BCUT2D eigenvalue weighted by Crippen LogP contribution is 2.16. The zero-order chi connectivity index (χ0) is 10.7. The van der Waals surface area contributed by atoms with Crippen molar-refractivity contribution in [2.75, 3.05) is 14.1 Å². The second-order valence-electron chi connectivity index (χ2n) is 3.28. The number of hydrogen-bond donors (Lipinski definition) is 0. The molecule has 0 atom stereocenters. The van der Waals surface area contributed by atoms with Crippen LogP contribution in [0.3, 0.4) is 0 Å². The Hall–Kier alpha value is -1.16. The zero-order valence-corrected chi connectivity index (χ0v) is 9.68. The minimum Gasteiger partial charge on any atom is -0.383 e. The van der Waals surface area contributed by atoms with Crippen LogP contribution >= 0.6 is 11.3 Å². The molecule has 14 heavy (non-hydrogen) atoms. The van der Waals surface area contributed by atoms with Gasteiger partial charge >= 0.3 is 0 Å². The van der Waals surface area contributed by atoms with E-state index < -0.39 is 0 Å². The smallest absolute Gasteiger partial charge is 0.206 e. The molecule has 76 valence electrons. The standard InChI is InChI=1S/C10H14N2OS/c1-7-10(11-8(2)14-7)9(13)5-6-12(3)4/h5-6H,1-4H3/b6-5+. The van der Waals surface area contributed by atoms with Crippen molar-refractivity contribution in [2.24, 2.45) is 0 Å². The Balaban J connectivity index is 2.85. The summed E-state index contributed by atoms with van der Waals surface area (Å²) in [6.45, 7) is 3.82. The van der Waals surface area contributed by atoms with Gasteiger partial charge in [-0.3, -0.25) is 4.79 Å². The van der Waals surface area contributed by atoms with Gasteiger partial charge in [0.05, 0.1) is 5.01 Å². The van der Waals surface area contributed by atoms with Gasteiger partial charge in [-0.05, 0) is 13.8 Å². The van der Waals surface area contributed by atoms with Gasteiger partial charge in [0.25, 0.3) is 0 Å². The molecule has 4 heteroatoms. The average molecular weight is 210 g/mol. The fourth-order valence-corrected chi connectivity index (χ4v) is 1.88. The fraction of sp³-hybridized carbons (Fsp3) is 0.400. The maximum Gasteiger partial charge on any atom is 0.206 e. The van der Waals surface area contributed by atoms with E-state index in [2.05, 4.69) is 4.98 Å². The van der Waals surface area contributed by atoms with Gasteiger partial charge in [0.15, 0.2) is 0 Å². The Morgan fingerprint density at radius 2 is 2.07 bits per heavy atom. The van der Waals surface area contributed by atoms with Crippen molar-refractivity contribution in [1.29, 1.82) is 0 Å². The third-order valence-corrected chi connectivity index (χ3v) is 2.55. The minimum absolute atomic E-state index is 0.0273. The molecule has 0 amide bonds. The first-order valence-electron chi connectivity index (χ1n) is 4.33. The first-order chi connectivity index (χ1) is 6.50. The van der Waals surface area contributed by atoms with Crippen molar-refractivity contribution >= 4 is 17.1 Å². The number of aromatic nitrogens is 1. The maximum absolute atomic E-state index is 11.6. The maximum atomic E-state index is 11.6. The predicted octanol–water partition coefficient (Wildman–Crippen LogP) is 2.02. The first-order valence-corrected chi connectivity index (χ1v) is 5.15. The highest BCUT2D eigenvalue weighted by molar-refractivity contribution is 7.11. The lowest BCUT2D eigenvalue weighted by Gasteiger charge is -2.01. The molecule has 0 fully saturated rings. The van der Waals surface area contributed by atoms with E-state index in [-0.39, 0.29) is 5.78 Å². The second-order valence-corrected chi connectivity index (χ2v) is 4.69. The summed E-state index contributed by atoms with van der Waals surface area (Å²) in [5.41, 5.74) is 0.575. The van der Waals surface area contributed by atoms with Crippen molar-refractivity contribution in [3.8, 4) is 0 Å². The van der Waals surface area contributed by atoms with Gasteiger partial charge in [0, 0.05) is 31.2 Å². The molecule has 0 bridgehead atoms. The van der Waals surface area contributed by atoms with Crippen molar-refractivity contribution in [2.45, 2.75) is 13.8 Å². The molecule has 0 aromatic carbocycles. The summed E-state index contributed by atoms with van der Waals surface area (Å²) in [5.74, 6) is -0.0273. The van der Waals surface area contributed by atoms with Crippen LogP contribution < -0.4 is 0 Å². The normalized spacial score (nSPS) is 10.9. The van der Waals surface area contributed by atoms with Crippen molar-refractivity contribution in [3.63, 3.8) is 0 Å². The van der Waals surface area contributed by atoms with Gasteiger partial charge < -0.3 is 4.90 Å². The molecular weight excluding hydrogens is 196 g/mol. The lowest BCUT2D eigenvalue weighted by Crippen LogP contribution is -2.04. The van der Waals surface area contributed by atoms with Crippen LogP contribution in [0.25, 0.3) is 0 Å². The van der Waals surface area contributed by atoms with Gasteiger partial charge in [-0.25, -0.2) is 4.98 Å². The number of allylic oxidation sites excluding steroid dienone is 1. The van der Waals surface area contributed by atoms with Crippen LogP contribution in [-0.4, -0.2) is 29.8 Å². The molecule has 0 unspecified atom stereocenters. The summed E-state index contributed by atoms with van der Waals surface area (Å²) in [5, 5.41) is 0.934. The molecule has 0 aliphatic heterocycles. The Kier molecular flexibility index (Phi) is 3.41. The van der Waals surface area contributed by atoms with Crippen molar-refractivity contribution in [3.05, 3.63) is 27.9 Å². The van der Waals surface area contributed by atoms with Gasteiger partial charge in [0.1, 0.15) is 5.69 Å². The van der Waals surface area contributed by atoms with E-state index in [4.69, 9.17) is 0 Å². The first kappa shape index (κ1) is 10.9. The van der Waals surface area contributed by atoms with Crippen LogP contribution in [-0.2, 0) is 0 Å². The van der Waals surface area contributed by atoms with Crippen LogP contribution in [0.5, 0.6) is 0 Å². The third kappa shape index (κ3) is 2.67.